The Kier molecular flexibility index (Phi) is 2.16. The molecule has 1 aromatic carbocycles. The average molecular weight is 207 g/mol. The molecule has 15 heavy (non-hydrogen) atoms. The van der Waals surface area contributed by atoms with Crippen LogP contribution in [0.25, 0.3) is 0 Å². The van der Waals surface area contributed by atoms with Crippen molar-refractivity contribution in [2.75, 3.05) is 12.3 Å². The molecular formula is C11H13NO3. The van der Waals surface area contributed by atoms with E-state index in [1.165, 1.54) is 0 Å². The number of carbonyl (C=O) groups excluding carboxylic acids is 1. The highest BCUT2D eigenvalue weighted by atomic mass is 16.6. The summed E-state index contributed by atoms with van der Waals surface area (Å²) in [7, 11) is 0. The van der Waals surface area contributed by atoms with Crippen LogP contribution < -0.4 is 5.73 Å². The summed E-state index contributed by atoms with van der Waals surface area (Å²) in [5.41, 5.74) is 4.99. The van der Waals surface area contributed by atoms with Crippen molar-refractivity contribution in [3.8, 4) is 0 Å². The van der Waals surface area contributed by atoms with E-state index >= 15 is 0 Å². The highest BCUT2D eigenvalue weighted by Gasteiger charge is 2.51. The molecule has 0 unspecified atom stereocenters. The van der Waals surface area contributed by atoms with Gasteiger partial charge in [0.25, 0.3) is 0 Å². The predicted octanol–water partition coefficient (Wildman–Crippen LogP) is 0.649. The van der Waals surface area contributed by atoms with Crippen LogP contribution >= 0.6 is 0 Å². The zero-order valence-corrected chi connectivity index (χ0v) is 8.43. The lowest BCUT2D eigenvalue weighted by atomic mass is 9.84. The van der Waals surface area contributed by atoms with E-state index in [-0.39, 0.29) is 12.5 Å². The zero-order chi connectivity index (χ0) is 11.1. The molecule has 0 amide bonds. The zero-order valence-electron chi connectivity index (χ0n) is 8.43. The number of hydrogen-bond donors (Lipinski definition) is 2. The van der Waals surface area contributed by atoms with Crippen LogP contribution in [0.2, 0.25) is 0 Å². The van der Waals surface area contributed by atoms with Gasteiger partial charge in [0, 0.05) is 17.2 Å². The maximum Gasteiger partial charge on any atom is 0.343 e. The molecular weight excluding hydrogens is 194 g/mol. The molecule has 0 aliphatic carbocycles. The van der Waals surface area contributed by atoms with E-state index in [9.17, 15) is 9.90 Å². The van der Waals surface area contributed by atoms with E-state index in [2.05, 4.69) is 0 Å². The quantitative estimate of drug-likeness (QED) is 0.524. The first-order valence-corrected chi connectivity index (χ1v) is 4.81. The molecule has 1 saturated heterocycles. The van der Waals surface area contributed by atoms with E-state index in [4.69, 9.17) is 10.5 Å². The molecule has 2 rings (SSSR count). The Labute approximate surface area is 87.7 Å². The molecule has 0 aromatic heterocycles. The van der Waals surface area contributed by atoms with E-state index in [0.29, 0.717) is 11.3 Å². The summed E-state index contributed by atoms with van der Waals surface area (Å²) >= 11 is 0. The second-order valence-corrected chi connectivity index (χ2v) is 3.85. The van der Waals surface area contributed by atoms with Crippen LogP contribution in [0.1, 0.15) is 12.5 Å². The first-order chi connectivity index (χ1) is 7.06. The lowest BCUT2D eigenvalue weighted by molar-refractivity contribution is -0.155. The van der Waals surface area contributed by atoms with E-state index < -0.39 is 11.6 Å². The minimum absolute atomic E-state index is 0.226. The van der Waals surface area contributed by atoms with Crippen molar-refractivity contribution in [2.24, 2.45) is 5.92 Å². The number of benzene rings is 1. The van der Waals surface area contributed by atoms with Crippen molar-refractivity contribution in [2.45, 2.75) is 12.5 Å². The number of aliphatic hydroxyl groups is 1. The fraction of sp³-hybridized carbons (Fsp3) is 0.364. The Morgan fingerprint density at radius 3 is 2.73 bits per heavy atom. The molecule has 4 heteroatoms. The third-order valence-corrected chi connectivity index (χ3v) is 2.86. The van der Waals surface area contributed by atoms with E-state index in [0.717, 1.165) is 0 Å². The van der Waals surface area contributed by atoms with E-state index in [1.54, 1.807) is 31.2 Å². The van der Waals surface area contributed by atoms with Crippen molar-refractivity contribution >= 4 is 11.7 Å². The monoisotopic (exact) mass is 207 g/mol. The van der Waals surface area contributed by atoms with Gasteiger partial charge >= 0.3 is 5.97 Å². The summed E-state index contributed by atoms with van der Waals surface area (Å²) < 4.78 is 4.85. The third kappa shape index (κ3) is 1.29. The van der Waals surface area contributed by atoms with Gasteiger partial charge in [0.05, 0.1) is 6.61 Å². The number of esters is 1. The van der Waals surface area contributed by atoms with Crippen LogP contribution in [0.15, 0.2) is 24.3 Å². The minimum atomic E-state index is -1.59. The largest absolute Gasteiger partial charge is 0.463 e. The molecule has 3 N–H and O–H groups in total. The van der Waals surface area contributed by atoms with Gasteiger partial charge in [-0.3, -0.25) is 0 Å². The number of carbonyl (C=O) groups is 1. The van der Waals surface area contributed by atoms with Crippen LogP contribution in [0.4, 0.5) is 5.69 Å². The SMILES string of the molecule is C[C@H]1COC(=O)[C@]1(O)c1ccccc1N. The lowest BCUT2D eigenvalue weighted by Gasteiger charge is -2.24. The van der Waals surface area contributed by atoms with Crippen LogP contribution in [-0.2, 0) is 15.1 Å². The maximum absolute atomic E-state index is 11.5. The van der Waals surface area contributed by atoms with Gasteiger partial charge in [-0.25, -0.2) is 4.79 Å². The fourth-order valence-corrected chi connectivity index (χ4v) is 1.85. The molecule has 1 fully saturated rings. The summed E-state index contributed by atoms with van der Waals surface area (Å²) in [5.74, 6) is -0.900. The van der Waals surface area contributed by atoms with Gasteiger partial charge in [-0.1, -0.05) is 25.1 Å². The Bertz CT molecular complexity index is 405. The second-order valence-electron chi connectivity index (χ2n) is 3.85. The summed E-state index contributed by atoms with van der Waals surface area (Å²) in [6.07, 6.45) is 0. The molecule has 0 spiro atoms. The number of hydrogen-bond acceptors (Lipinski definition) is 4. The Morgan fingerprint density at radius 1 is 1.53 bits per heavy atom. The van der Waals surface area contributed by atoms with Gasteiger partial charge in [0.15, 0.2) is 5.60 Å². The van der Waals surface area contributed by atoms with Gasteiger partial charge in [-0.05, 0) is 6.07 Å². The number of anilines is 1. The molecule has 1 heterocycles. The molecule has 1 aromatic rings. The van der Waals surface area contributed by atoms with Crippen LogP contribution in [0.5, 0.6) is 0 Å². The standard InChI is InChI=1S/C11H13NO3/c1-7-6-15-10(13)11(7,14)8-4-2-3-5-9(8)12/h2-5,7,14H,6,12H2,1H3/t7-,11+/m0/s1. The van der Waals surface area contributed by atoms with Crippen LogP contribution in [0.3, 0.4) is 0 Å². The molecule has 2 atom stereocenters. The van der Waals surface area contributed by atoms with Crippen molar-refractivity contribution in [1.29, 1.82) is 0 Å². The first kappa shape index (κ1) is 9.98. The normalized spacial score (nSPS) is 30.3. The Hall–Kier alpha value is -1.55. The topological polar surface area (TPSA) is 72.5 Å². The molecule has 80 valence electrons. The molecule has 1 aliphatic heterocycles. The number of rotatable bonds is 1. The molecule has 0 radical (unpaired) electrons. The minimum Gasteiger partial charge on any atom is -0.463 e. The van der Waals surface area contributed by atoms with E-state index in [1.807, 2.05) is 0 Å². The number of nitrogens with two attached hydrogens (primary N) is 1. The fourth-order valence-electron chi connectivity index (χ4n) is 1.85. The second kappa shape index (κ2) is 3.24. The van der Waals surface area contributed by atoms with Crippen molar-refractivity contribution in [1.82, 2.24) is 0 Å². The van der Waals surface area contributed by atoms with Gasteiger partial charge in [-0.15, -0.1) is 0 Å². The first-order valence-electron chi connectivity index (χ1n) is 4.81. The highest BCUT2D eigenvalue weighted by molar-refractivity contribution is 5.85. The Balaban J connectivity index is 2.54. The van der Waals surface area contributed by atoms with Crippen LogP contribution in [-0.4, -0.2) is 17.7 Å². The number of ether oxygens (including phenoxy) is 1. The summed E-state index contributed by atoms with van der Waals surface area (Å²) in [6, 6.07) is 6.80. The predicted molar refractivity (Wildman–Crippen MR) is 54.9 cm³/mol. The smallest absolute Gasteiger partial charge is 0.343 e. The number of nitrogen functional groups attached to an aromatic ring is 1. The Morgan fingerprint density at radius 2 is 2.20 bits per heavy atom. The number of para-hydroxylation sites is 1. The van der Waals surface area contributed by atoms with Gasteiger partial charge in [0.2, 0.25) is 0 Å². The van der Waals surface area contributed by atoms with Crippen molar-refractivity contribution < 1.29 is 14.6 Å². The van der Waals surface area contributed by atoms with Crippen molar-refractivity contribution in [3.05, 3.63) is 29.8 Å². The summed E-state index contributed by atoms with van der Waals surface area (Å²) in [5, 5.41) is 10.3. The van der Waals surface area contributed by atoms with Gasteiger partial charge < -0.3 is 15.6 Å². The summed E-state index contributed by atoms with van der Waals surface area (Å²) in [4.78, 5) is 11.5. The third-order valence-electron chi connectivity index (χ3n) is 2.86. The van der Waals surface area contributed by atoms with Gasteiger partial charge in [-0.2, -0.15) is 0 Å². The summed E-state index contributed by atoms with van der Waals surface area (Å²) in [6.45, 7) is 1.99. The molecule has 1 aliphatic rings. The highest BCUT2D eigenvalue weighted by Crippen LogP contribution is 2.38. The molecule has 0 saturated carbocycles. The van der Waals surface area contributed by atoms with Crippen LogP contribution in [0, 0.1) is 5.92 Å². The molecule has 0 bridgehead atoms. The van der Waals surface area contributed by atoms with Gasteiger partial charge in [0.1, 0.15) is 0 Å². The van der Waals surface area contributed by atoms with Crippen molar-refractivity contribution in [3.63, 3.8) is 0 Å². The lowest BCUT2D eigenvalue weighted by Crippen LogP contribution is -2.37. The average Bonchev–Trinajstić information content (AvgIpc) is 2.48. The molecule has 4 nitrogen and oxygen atoms in total. The maximum atomic E-state index is 11.5. The number of cyclic esters (lactones) is 1.